The van der Waals surface area contributed by atoms with Gasteiger partial charge in [-0.1, -0.05) is 0 Å². The molecule has 5 nitrogen and oxygen atoms in total. The molecule has 0 radical (unpaired) electrons. The zero-order valence-corrected chi connectivity index (χ0v) is 8.84. The van der Waals surface area contributed by atoms with Crippen molar-refractivity contribution >= 4 is 11.9 Å². The summed E-state index contributed by atoms with van der Waals surface area (Å²) in [5, 5.41) is 9.02. The summed E-state index contributed by atoms with van der Waals surface area (Å²) in [7, 11) is 1.78. The Labute approximate surface area is 88.0 Å². The molecular weight excluding hydrogens is 198 g/mol. The minimum absolute atomic E-state index is 0.0356. The first-order valence-electron chi connectivity index (χ1n) is 5.17. The molecule has 2 fully saturated rings. The predicted octanol–water partition coefficient (Wildman–Crippen LogP) is -0.190. The largest absolute Gasteiger partial charge is 0.480 e. The van der Waals surface area contributed by atoms with Crippen LogP contribution in [0.4, 0.5) is 0 Å². The molecular formula is C10H15NO4. The number of aliphatic carboxylic acids is 1. The highest BCUT2D eigenvalue weighted by Gasteiger charge is 2.66. The number of rotatable bonds is 3. The lowest BCUT2D eigenvalue weighted by Gasteiger charge is -2.20. The maximum Gasteiger partial charge on any atom is 0.321 e. The fourth-order valence-electron chi connectivity index (χ4n) is 2.73. The van der Waals surface area contributed by atoms with E-state index in [2.05, 4.69) is 0 Å². The summed E-state index contributed by atoms with van der Waals surface area (Å²) in [6.45, 7) is 2.81. The molecule has 1 saturated heterocycles. The van der Waals surface area contributed by atoms with Gasteiger partial charge in [0, 0.05) is 12.5 Å². The van der Waals surface area contributed by atoms with Gasteiger partial charge in [-0.05, 0) is 19.9 Å². The minimum atomic E-state index is -0.836. The van der Waals surface area contributed by atoms with Crippen molar-refractivity contribution in [2.45, 2.75) is 13.0 Å². The molecule has 4 atom stereocenters. The zero-order chi connectivity index (χ0) is 11.2. The Bertz CT molecular complexity index is 304. The molecule has 84 valence electrons. The Hall–Kier alpha value is -1.10. The molecule has 1 aliphatic heterocycles. The smallest absolute Gasteiger partial charge is 0.321 e. The number of carboxylic acids is 1. The van der Waals surface area contributed by atoms with Crippen LogP contribution in [0.25, 0.3) is 0 Å². The Kier molecular flexibility index (Phi) is 2.42. The molecule has 2 rings (SSSR count). The first-order chi connectivity index (χ1) is 7.07. The van der Waals surface area contributed by atoms with E-state index < -0.39 is 12.0 Å². The van der Waals surface area contributed by atoms with Gasteiger partial charge in [0.05, 0.1) is 12.5 Å². The topological polar surface area (TPSA) is 66.8 Å². The molecule has 1 N–H and O–H groups in total. The van der Waals surface area contributed by atoms with Crippen LogP contribution in [0, 0.1) is 17.8 Å². The molecule has 5 heteroatoms. The lowest BCUT2D eigenvalue weighted by atomic mass is 10.1. The van der Waals surface area contributed by atoms with Crippen LogP contribution in [0.3, 0.4) is 0 Å². The molecule has 0 aromatic rings. The van der Waals surface area contributed by atoms with Crippen molar-refractivity contribution in [1.82, 2.24) is 4.90 Å². The Morgan fingerprint density at radius 2 is 2.20 bits per heavy atom. The lowest BCUT2D eigenvalue weighted by molar-refractivity contribution is -0.147. The second kappa shape index (κ2) is 3.48. The number of carboxylic acid groups (broad SMARTS) is 1. The van der Waals surface area contributed by atoms with E-state index in [4.69, 9.17) is 9.84 Å². The van der Waals surface area contributed by atoms with Gasteiger partial charge in [-0.3, -0.25) is 14.5 Å². The number of likely N-dealkylation sites (N-methyl/N-ethyl adjacent to an activating group) is 1. The van der Waals surface area contributed by atoms with Crippen molar-refractivity contribution in [2.75, 3.05) is 20.2 Å². The number of nitrogens with zero attached hydrogens (tertiary/aromatic N) is 1. The van der Waals surface area contributed by atoms with E-state index in [1.807, 2.05) is 0 Å². The molecule has 0 spiro atoms. The average Bonchev–Trinajstić information content (AvgIpc) is 2.69. The second-order valence-electron chi connectivity index (χ2n) is 4.24. The van der Waals surface area contributed by atoms with Gasteiger partial charge in [0.2, 0.25) is 0 Å². The standard InChI is InChI=1S/C10H15NO4/c1-3-15-10(14)7-5-4-11(2)8(6(5)7)9(12)13/h5-8H,3-4H2,1-2H3,(H,12,13). The summed E-state index contributed by atoms with van der Waals surface area (Å²) in [4.78, 5) is 24.2. The third-order valence-corrected chi connectivity index (χ3v) is 3.38. The van der Waals surface area contributed by atoms with Crippen LogP contribution in [0.1, 0.15) is 6.92 Å². The first kappa shape index (κ1) is 10.4. The van der Waals surface area contributed by atoms with E-state index in [9.17, 15) is 9.59 Å². The number of piperidine rings is 1. The molecule has 0 bridgehead atoms. The summed E-state index contributed by atoms with van der Waals surface area (Å²) in [5.74, 6) is -1.09. The number of hydrogen-bond donors (Lipinski definition) is 1. The molecule has 0 aromatic carbocycles. The van der Waals surface area contributed by atoms with Crippen molar-refractivity contribution in [3.63, 3.8) is 0 Å². The van der Waals surface area contributed by atoms with Crippen molar-refractivity contribution in [3.8, 4) is 0 Å². The quantitative estimate of drug-likeness (QED) is 0.658. The number of esters is 1. The van der Waals surface area contributed by atoms with Crippen molar-refractivity contribution in [2.24, 2.45) is 17.8 Å². The van der Waals surface area contributed by atoms with Gasteiger partial charge in [0.1, 0.15) is 6.04 Å². The Balaban J connectivity index is 2.02. The van der Waals surface area contributed by atoms with Crippen LogP contribution in [0.15, 0.2) is 0 Å². The van der Waals surface area contributed by atoms with Gasteiger partial charge >= 0.3 is 11.9 Å². The van der Waals surface area contributed by atoms with Gasteiger partial charge in [-0.25, -0.2) is 0 Å². The lowest BCUT2D eigenvalue weighted by Crippen LogP contribution is -2.38. The van der Waals surface area contributed by atoms with Crippen molar-refractivity contribution < 1.29 is 19.4 Å². The third kappa shape index (κ3) is 1.51. The summed E-state index contributed by atoms with van der Waals surface area (Å²) in [6.07, 6.45) is 0. The molecule has 0 amide bonds. The first-order valence-corrected chi connectivity index (χ1v) is 5.17. The summed E-state index contributed by atoms with van der Waals surface area (Å²) in [5.41, 5.74) is 0. The highest BCUT2D eigenvalue weighted by Crippen LogP contribution is 2.55. The number of fused-ring (bicyclic) bond motifs is 1. The summed E-state index contributed by atoms with van der Waals surface area (Å²) >= 11 is 0. The Morgan fingerprint density at radius 3 is 2.73 bits per heavy atom. The van der Waals surface area contributed by atoms with Gasteiger partial charge in [0.15, 0.2) is 0 Å². The molecule has 1 aliphatic carbocycles. The van der Waals surface area contributed by atoms with Crippen LogP contribution in [-0.4, -0.2) is 48.2 Å². The molecule has 2 aliphatic rings. The number of carbonyl (C=O) groups excluding carboxylic acids is 1. The van der Waals surface area contributed by atoms with E-state index in [1.54, 1.807) is 18.9 Å². The van der Waals surface area contributed by atoms with Crippen LogP contribution < -0.4 is 0 Å². The van der Waals surface area contributed by atoms with Gasteiger partial charge in [0.25, 0.3) is 0 Å². The summed E-state index contributed by atoms with van der Waals surface area (Å²) < 4.78 is 4.92. The summed E-state index contributed by atoms with van der Waals surface area (Å²) in [6, 6.07) is -0.510. The number of ether oxygens (including phenoxy) is 1. The maximum atomic E-state index is 11.5. The third-order valence-electron chi connectivity index (χ3n) is 3.38. The highest BCUT2D eigenvalue weighted by atomic mass is 16.5. The van der Waals surface area contributed by atoms with E-state index in [1.165, 1.54) is 0 Å². The molecule has 1 saturated carbocycles. The highest BCUT2D eigenvalue weighted by molar-refractivity contribution is 5.82. The van der Waals surface area contributed by atoms with Gasteiger partial charge < -0.3 is 9.84 Å². The average molecular weight is 213 g/mol. The second-order valence-corrected chi connectivity index (χ2v) is 4.24. The Morgan fingerprint density at radius 1 is 1.53 bits per heavy atom. The zero-order valence-electron chi connectivity index (χ0n) is 8.84. The van der Waals surface area contributed by atoms with Crippen LogP contribution in [0.2, 0.25) is 0 Å². The van der Waals surface area contributed by atoms with Gasteiger partial charge in [-0.15, -0.1) is 0 Å². The van der Waals surface area contributed by atoms with Crippen molar-refractivity contribution in [1.29, 1.82) is 0 Å². The van der Waals surface area contributed by atoms with E-state index in [-0.39, 0.29) is 23.7 Å². The molecule has 1 heterocycles. The monoisotopic (exact) mass is 213 g/mol. The number of likely N-dealkylation sites (tertiary alicyclic amines) is 1. The van der Waals surface area contributed by atoms with Gasteiger partial charge in [-0.2, -0.15) is 0 Å². The maximum absolute atomic E-state index is 11.5. The van der Waals surface area contributed by atoms with E-state index in [0.29, 0.717) is 13.2 Å². The minimum Gasteiger partial charge on any atom is -0.480 e. The number of hydrogen-bond acceptors (Lipinski definition) is 4. The molecule has 0 aromatic heterocycles. The molecule has 15 heavy (non-hydrogen) atoms. The van der Waals surface area contributed by atoms with Crippen molar-refractivity contribution in [3.05, 3.63) is 0 Å². The normalized spacial score (nSPS) is 38.5. The van der Waals surface area contributed by atoms with E-state index >= 15 is 0 Å². The van der Waals surface area contributed by atoms with Crippen LogP contribution in [-0.2, 0) is 14.3 Å². The predicted molar refractivity (Wildman–Crippen MR) is 51.2 cm³/mol. The van der Waals surface area contributed by atoms with Crippen LogP contribution in [0.5, 0.6) is 0 Å². The van der Waals surface area contributed by atoms with E-state index in [0.717, 1.165) is 0 Å². The fourth-order valence-corrected chi connectivity index (χ4v) is 2.73. The van der Waals surface area contributed by atoms with Crippen LogP contribution >= 0.6 is 0 Å². The fraction of sp³-hybridized carbons (Fsp3) is 0.800. The SMILES string of the molecule is CCOC(=O)C1C2CN(C)C(C(=O)O)C21. The molecule has 4 unspecified atom stereocenters. The number of carbonyl (C=O) groups is 2.